The lowest BCUT2D eigenvalue weighted by atomic mass is 9.94. The maximum absolute atomic E-state index is 11.4. The number of carbonyl (C=O) groups is 1. The Balaban J connectivity index is 2.54. The second-order valence-corrected chi connectivity index (χ2v) is 4.45. The Kier molecular flexibility index (Phi) is 4.67. The van der Waals surface area contributed by atoms with Crippen molar-refractivity contribution in [1.82, 2.24) is 10.6 Å². The van der Waals surface area contributed by atoms with Crippen molar-refractivity contribution in [2.45, 2.75) is 38.1 Å². The van der Waals surface area contributed by atoms with Gasteiger partial charge >= 0.3 is 0 Å². The van der Waals surface area contributed by atoms with Crippen LogP contribution in [0.5, 0.6) is 0 Å². The molecule has 0 radical (unpaired) electrons. The van der Waals surface area contributed by atoms with Gasteiger partial charge in [0.05, 0.1) is 24.8 Å². The molecule has 0 aromatic heterocycles. The van der Waals surface area contributed by atoms with Gasteiger partial charge in [0.15, 0.2) is 0 Å². The van der Waals surface area contributed by atoms with Crippen LogP contribution in [0.25, 0.3) is 0 Å². The third-order valence-electron chi connectivity index (χ3n) is 2.82. The van der Waals surface area contributed by atoms with E-state index in [4.69, 9.17) is 5.11 Å². The van der Waals surface area contributed by atoms with Crippen molar-refractivity contribution in [3.8, 4) is 0 Å². The number of hydrogen-bond acceptors (Lipinski definition) is 5. The number of nitrogens with one attached hydrogen (secondary N) is 2. The molecule has 94 valence electrons. The van der Waals surface area contributed by atoms with Gasteiger partial charge in [-0.2, -0.15) is 0 Å². The topological polar surface area (TPSA) is 102 Å². The van der Waals surface area contributed by atoms with E-state index in [1.54, 1.807) is 13.8 Å². The summed E-state index contributed by atoms with van der Waals surface area (Å²) in [5.74, 6) is -0.333. The molecule has 1 amide bonds. The van der Waals surface area contributed by atoms with Gasteiger partial charge in [0.25, 0.3) is 0 Å². The summed E-state index contributed by atoms with van der Waals surface area (Å²) in [6.45, 7) is 3.60. The highest BCUT2D eigenvalue weighted by molar-refractivity contribution is 5.78. The highest BCUT2D eigenvalue weighted by atomic mass is 16.3. The van der Waals surface area contributed by atoms with Crippen LogP contribution in [-0.4, -0.2) is 58.7 Å². The van der Waals surface area contributed by atoms with Gasteiger partial charge < -0.3 is 26.0 Å². The standard InChI is InChI=1S/C10H20N2O4/c1-5(2)10(16)12-6-3-11-7(4-13)9(15)8(6)14/h5-9,11,13-15H,3-4H2,1-2H3,(H,12,16)/t6-,7+,8+,9+/m0/s1. The zero-order valence-electron chi connectivity index (χ0n) is 9.55. The Bertz CT molecular complexity index is 247. The summed E-state index contributed by atoms with van der Waals surface area (Å²) in [5.41, 5.74) is 0. The molecule has 1 fully saturated rings. The van der Waals surface area contributed by atoms with E-state index in [-0.39, 0.29) is 18.4 Å². The number of amides is 1. The SMILES string of the molecule is CC(C)C(=O)N[C@H]1CN[C@H](CO)[C@@H](O)[C@@H]1O. The van der Waals surface area contributed by atoms with Crippen molar-refractivity contribution in [2.24, 2.45) is 5.92 Å². The summed E-state index contributed by atoms with van der Waals surface area (Å²) in [7, 11) is 0. The van der Waals surface area contributed by atoms with E-state index in [2.05, 4.69) is 10.6 Å². The fourth-order valence-corrected chi connectivity index (χ4v) is 1.65. The highest BCUT2D eigenvalue weighted by Crippen LogP contribution is 2.11. The van der Waals surface area contributed by atoms with Crippen molar-refractivity contribution in [3.05, 3.63) is 0 Å². The summed E-state index contributed by atoms with van der Waals surface area (Å²) in [6.07, 6.45) is -2.13. The lowest BCUT2D eigenvalue weighted by Crippen LogP contribution is -2.65. The summed E-state index contributed by atoms with van der Waals surface area (Å²) in [5, 5.41) is 33.8. The molecule has 6 nitrogen and oxygen atoms in total. The van der Waals surface area contributed by atoms with Crippen LogP contribution >= 0.6 is 0 Å². The zero-order chi connectivity index (χ0) is 12.3. The summed E-state index contributed by atoms with van der Waals surface area (Å²) < 4.78 is 0. The Morgan fingerprint density at radius 1 is 1.44 bits per heavy atom. The number of rotatable bonds is 3. The molecule has 5 N–H and O–H groups in total. The fraction of sp³-hybridized carbons (Fsp3) is 0.900. The van der Waals surface area contributed by atoms with Gasteiger partial charge in [-0.3, -0.25) is 4.79 Å². The minimum atomic E-state index is -1.07. The molecule has 1 rings (SSSR count). The first-order valence-corrected chi connectivity index (χ1v) is 5.48. The third kappa shape index (κ3) is 2.91. The number of aliphatic hydroxyl groups is 3. The van der Waals surface area contributed by atoms with Gasteiger partial charge in [-0.05, 0) is 0 Å². The lowest BCUT2D eigenvalue weighted by molar-refractivity contribution is -0.127. The zero-order valence-corrected chi connectivity index (χ0v) is 9.55. The smallest absolute Gasteiger partial charge is 0.222 e. The molecule has 0 bridgehead atoms. The van der Waals surface area contributed by atoms with Crippen LogP contribution in [0.3, 0.4) is 0 Å². The second kappa shape index (κ2) is 5.58. The first-order valence-electron chi connectivity index (χ1n) is 5.48. The number of hydrogen-bond donors (Lipinski definition) is 5. The van der Waals surface area contributed by atoms with Gasteiger partial charge in [-0.15, -0.1) is 0 Å². The Morgan fingerprint density at radius 2 is 2.06 bits per heavy atom. The van der Waals surface area contributed by atoms with Crippen LogP contribution in [0.1, 0.15) is 13.8 Å². The summed E-state index contributed by atoms with van der Waals surface area (Å²) >= 11 is 0. The molecule has 16 heavy (non-hydrogen) atoms. The van der Waals surface area contributed by atoms with E-state index in [1.165, 1.54) is 0 Å². The average Bonchev–Trinajstić information content (AvgIpc) is 2.25. The molecule has 1 aliphatic heterocycles. The van der Waals surface area contributed by atoms with Gasteiger partial charge in [-0.1, -0.05) is 13.8 Å². The predicted molar refractivity (Wildman–Crippen MR) is 57.7 cm³/mol. The Hall–Kier alpha value is -0.690. The van der Waals surface area contributed by atoms with Crippen molar-refractivity contribution < 1.29 is 20.1 Å². The quantitative estimate of drug-likeness (QED) is 0.380. The number of aliphatic hydroxyl groups excluding tert-OH is 3. The predicted octanol–water partition coefficient (Wildman–Crippen LogP) is -2.19. The third-order valence-corrected chi connectivity index (χ3v) is 2.82. The molecule has 4 atom stereocenters. The molecule has 0 aromatic rings. The van der Waals surface area contributed by atoms with Gasteiger partial charge in [0.2, 0.25) is 5.91 Å². The first-order chi connectivity index (χ1) is 7.47. The second-order valence-electron chi connectivity index (χ2n) is 4.45. The van der Waals surface area contributed by atoms with Crippen LogP contribution in [0.15, 0.2) is 0 Å². The van der Waals surface area contributed by atoms with Crippen molar-refractivity contribution >= 4 is 5.91 Å². The van der Waals surface area contributed by atoms with Crippen LogP contribution in [0, 0.1) is 5.92 Å². The first kappa shape index (κ1) is 13.4. The lowest BCUT2D eigenvalue weighted by Gasteiger charge is -2.38. The number of piperidine rings is 1. The van der Waals surface area contributed by atoms with Gasteiger partial charge in [0.1, 0.15) is 6.10 Å². The maximum atomic E-state index is 11.4. The Morgan fingerprint density at radius 3 is 2.56 bits per heavy atom. The van der Waals surface area contributed by atoms with E-state index in [1.807, 2.05) is 0 Å². The van der Waals surface area contributed by atoms with E-state index >= 15 is 0 Å². The van der Waals surface area contributed by atoms with Gasteiger partial charge in [-0.25, -0.2) is 0 Å². The summed E-state index contributed by atoms with van der Waals surface area (Å²) in [4.78, 5) is 11.4. The van der Waals surface area contributed by atoms with Gasteiger partial charge in [0, 0.05) is 12.5 Å². The molecular weight excluding hydrogens is 212 g/mol. The van der Waals surface area contributed by atoms with E-state index in [0.29, 0.717) is 6.54 Å². The molecule has 0 aromatic carbocycles. The molecule has 0 unspecified atom stereocenters. The molecule has 0 saturated carbocycles. The average molecular weight is 232 g/mol. The van der Waals surface area contributed by atoms with E-state index in [0.717, 1.165) is 0 Å². The molecule has 1 aliphatic rings. The molecule has 1 heterocycles. The fourth-order valence-electron chi connectivity index (χ4n) is 1.65. The maximum Gasteiger partial charge on any atom is 0.222 e. The van der Waals surface area contributed by atoms with Crippen molar-refractivity contribution in [3.63, 3.8) is 0 Å². The van der Waals surface area contributed by atoms with Crippen LogP contribution < -0.4 is 10.6 Å². The largest absolute Gasteiger partial charge is 0.395 e. The van der Waals surface area contributed by atoms with Crippen LogP contribution in [-0.2, 0) is 4.79 Å². The highest BCUT2D eigenvalue weighted by Gasteiger charge is 2.37. The van der Waals surface area contributed by atoms with Crippen molar-refractivity contribution in [2.75, 3.05) is 13.2 Å². The Labute approximate surface area is 94.7 Å². The number of carbonyl (C=O) groups excluding carboxylic acids is 1. The van der Waals surface area contributed by atoms with Crippen LogP contribution in [0.4, 0.5) is 0 Å². The monoisotopic (exact) mass is 232 g/mol. The summed E-state index contributed by atoms with van der Waals surface area (Å²) in [6, 6.07) is -1.06. The minimum Gasteiger partial charge on any atom is -0.395 e. The van der Waals surface area contributed by atoms with Crippen LogP contribution in [0.2, 0.25) is 0 Å². The molecule has 0 spiro atoms. The molecular formula is C10H20N2O4. The van der Waals surface area contributed by atoms with E-state index < -0.39 is 24.3 Å². The normalized spacial score (nSPS) is 35.1. The minimum absolute atomic E-state index is 0.166. The molecule has 1 saturated heterocycles. The van der Waals surface area contributed by atoms with E-state index in [9.17, 15) is 15.0 Å². The van der Waals surface area contributed by atoms with Crippen molar-refractivity contribution in [1.29, 1.82) is 0 Å². The molecule has 6 heteroatoms. The molecule has 0 aliphatic carbocycles.